The summed E-state index contributed by atoms with van der Waals surface area (Å²) in [5.41, 5.74) is 1.00. The van der Waals surface area contributed by atoms with Gasteiger partial charge in [-0.15, -0.1) is 15.3 Å². The average molecular weight is 855 g/mol. The van der Waals surface area contributed by atoms with E-state index < -0.39 is 118 Å². The summed E-state index contributed by atoms with van der Waals surface area (Å²) in [4.78, 5) is 17.5. The Morgan fingerprint density at radius 3 is 1.62 bits per heavy atom. The molecule has 0 heterocycles. The molecule has 4 rings (SSSR count). The standard InChI is InChI=1S/C22H18N5O16PS4.4Na/c23-19-18-10(7-17(48(41,42)43)21(22(18)28)27-24-11-2-1-3-12(8-11)44(29,30)31)6-16(47(38,39)40)20(19)26-25-14-9-13(45(32,33)34)4-5-15(14)46(35,36)37;;;;/h1-9,28H,23H2,(H2,29,30,31)(H,32,33,34)(H,35,36,37)(H,38,39,40)(H,41,42,43);;;;/q;4*+1/p-5. The van der Waals surface area contributed by atoms with Crippen molar-refractivity contribution in [3.8, 4) is 5.75 Å². The minimum atomic E-state index is -5.69. The van der Waals surface area contributed by atoms with Gasteiger partial charge >= 0.3 is 120 Å². The predicted molar refractivity (Wildman–Crippen MR) is 151 cm³/mol. The summed E-state index contributed by atoms with van der Waals surface area (Å²) in [5.74, 6) is -1.33. The molecule has 0 aliphatic heterocycles. The Kier molecular flexibility index (Phi) is 18.7. The minimum absolute atomic E-state index is 0. The number of rotatable bonds is 9. The monoisotopic (exact) mass is 854 g/mol. The van der Waals surface area contributed by atoms with Gasteiger partial charge in [-0.05, 0) is 60.8 Å². The zero-order valence-electron chi connectivity index (χ0n) is 27.7. The van der Waals surface area contributed by atoms with Gasteiger partial charge in [0, 0.05) is 0 Å². The third-order valence-corrected chi connectivity index (χ3v) is 10.3. The van der Waals surface area contributed by atoms with Crippen LogP contribution in [0.25, 0.3) is 10.8 Å². The van der Waals surface area contributed by atoms with Crippen LogP contribution in [0.2, 0.25) is 0 Å². The summed E-state index contributed by atoms with van der Waals surface area (Å²) < 4.78 is 153. The van der Waals surface area contributed by atoms with Gasteiger partial charge in [0.25, 0.3) is 0 Å². The molecule has 0 atom stereocenters. The number of phenols is 1. The number of anilines is 1. The van der Waals surface area contributed by atoms with Crippen LogP contribution in [0.3, 0.4) is 0 Å². The van der Waals surface area contributed by atoms with Gasteiger partial charge < -0.3 is 43.4 Å². The van der Waals surface area contributed by atoms with Crippen molar-refractivity contribution in [3.63, 3.8) is 0 Å². The summed E-state index contributed by atoms with van der Waals surface area (Å²) in [6, 6.07) is 5.59. The van der Waals surface area contributed by atoms with Crippen molar-refractivity contribution in [3.05, 3.63) is 54.6 Å². The smallest absolute Gasteiger partial charge is 0.807 e. The molecule has 0 saturated heterocycles. The number of nitrogen functional groups attached to an aromatic ring is 1. The number of aromatic hydroxyl groups is 1. The molecule has 0 saturated carbocycles. The maximum absolute atomic E-state index is 12.1. The first-order chi connectivity index (χ1) is 21.8. The Labute approximate surface area is 384 Å². The maximum Gasteiger partial charge on any atom is 1.00 e. The first kappa shape index (κ1) is 51.7. The van der Waals surface area contributed by atoms with Crippen LogP contribution in [0, 0.1) is 0 Å². The van der Waals surface area contributed by atoms with Crippen LogP contribution in [0.5, 0.6) is 5.75 Å². The van der Waals surface area contributed by atoms with E-state index in [-0.39, 0.29) is 126 Å². The molecule has 3 N–H and O–H groups in total. The Hall–Kier alpha value is -0.270. The largest absolute Gasteiger partial charge is 1.00 e. The predicted octanol–water partition coefficient (Wildman–Crippen LogP) is -11.8. The fourth-order valence-corrected chi connectivity index (χ4v) is 6.92. The van der Waals surface area contributed by atoms with E-state index in [0.717, 1.165) is 18.2 Å². The van der Waals surface area contributed by atoms with Crippen LogP contribution in [0.1, 0.15) is 1.43 Å². The van der Waals surface area contributed by atoms with Gasteiger partial charge in [0.2, 0.25) is 0 Å². The molecule has 0 unspecified atom stereocenters. The van der Waals surface area contributed by atoms with E-state index in [1.165, 1.54) is 0 Å². The van der Waals surface area contributed by atoms with Gasteiger partial charge in [-0.2, -0.15) is 5.11 Å². The molecule has 4 aromatic rings. The van der Waals surface area contributed by atoms with Gasteiger partial charge in [0.1, 0.15) is 57.5 Å². The number of hydrogen-bond donors (Lipinski definition) is 2. The fourth-order valence-electron chi connectivity index (χ4n) is 3.97. The van der Waals surface area contributed by atoms with E-state index >= 15 is 0 Å². The van der Waals surface area contributed by atoms with Crippen molar-refractivity contribution in [1.29, 1.82) is 0 Å². The molecule has 0 aliphatic carbocycles. The van der Waals surface area contributed by atoms with Crippen molar-refractivity contribution >= 4 is 92.6 Å². The summed E-state index contributed by atoms with van der Waals surface area (Å²) in [7, 11) is -27.4. The topological polar surface area (TPSA) is 388 Å². The molecule has 0 aromatic heterocycles. The molecule has 0 spiro atoms. The normalized spacial score (nSPS) is 12.5. The second-order valence-electron chi connectivity index (χ2n) is 9.17. The Bertz CT molecular complexity index is 2610. The van der Waals surface area contributed by atoms with Crippen LogP contribution in [-0.2, 0) is 45.0 Å². The summed E-state index contributed by atoms with van der Waals surface area (Å²) in [6.45, 7) is 0. The molecule has 30 heteroatoms. The van der Waals surface area contributed by atoms with Crippen molar-refractivity contribution < 1.29 is 191 Å². The third-order valence-electron chi connectivity index (χ3n) is 6.01. The Balaban J connectivity index is 0. The Morgan fingerprint density at radius 2 is 1.13 bits per heavy atom. The minimum Gasteiger partial charge on any atom is -0.807 e. The molecule has 52 heavy (non-hydrogen) atoms. The van der Waals surface area contributed by atoms with Crippen LogP contribution in [0.4, 0.5) is 28.4 Å². The molecule has 0 bridgehead atoms. The number of nitrogens with two attached hydrogens (primary N) is 1. The molecular weight excluding hydrogens is 841 g/mol. The van der Waals surface area contributed by atoms with E-state index in [1.807, 2.05) is 0 Å². The molecule has 4 aromatic carbocycles. The number of azo groups is 2. The second kappa shape index (κ2) is 18.8. The Morgan fingerprint density at radius 1 is 0.635 bits per heavy atom. The van der Waals surface area contributed by atoms with Crippen molar-refractivity contribution in [2.75, 3.05) is 5.73 Å². The second-order valence-corrected chi connectivity index (χ2v) is 16.1. The van der Waals surface area contributed by atoms with Crippen molar-refractivity contribution in [2.24, 2.45) is 20.5 Å². The van der Waals surface area contributed by atoms with Gasteiger partial charge in [-0.1, -0.05) is 12.1 Å². The first-order valence-electron chi connectivity index (χ1n) is 11.9. The zero-order chi connectivity index (χ0) is 36.2. The number of benzene rings is 4. The van der Waals surface area contributed by atoms with Crippen LogP contribution in [0.15, 0.2) is 94.6 Å². The maximum atomic E-state index is 12.1. The average Bonchev–Trinajstić information content (AvgIpc) is 2.93. The number of nitrogens with zero attached hydrogens (tertiary/aromatic N) is 4. The molecule has 0 aliphatic rings. The van der Waals surface area contributed by atoms with Gasteiger partial charge in [-0.3, -0.25) is 0 Å². The van der Waals surface area contributed by atoms with E-state index in [4.69, 9.17) is 5.73 Å². The van der Waals surface area contributed by atoms with Crippen LogP contribution < -0.4 is 139 Å². The SMILES string of the molecule is Nc1c(N=Nc2cc(S(=O)(=O)[O-])ccc2S(=O)(=O)[O-])c(S(=O)(=O)[O-])cc2cc(S(=O)(=O)[O-])c(N=Nc3cccc(P(=O)([O-])[O-])c3)c(O)c12.[H+].[Na+].[Na+].[Na+].[Na+]. The quantitative estimate of drug-likeness (QED) is 0.0519. The van der Waals surface area contributed by atoms with E-state index in [0.29, 0.717) is 30.3 Å². The molecule has 0 fully saturated rings. The number of fused-ring (bicyclic) bond motifs is 1. The third kappa shape index (κ3) is 12.1. The van der Waals surface area contributed by atoms with Crippen molar-refractivity contribution in [1.82, 2.24) is 0 Å². The van der Waals surface area contributed by atoms with Crippen molar-refractivity contribution in [2.45, 2.75) is 19.6 Å². The van der Waals surface area contributed by atoms with Crippen LogP contribution >= 0.6 is 7.60 Å². The van der Waals surface area contributed by atoms with Gasteiger partial charge in [0.05, 0.1) is 36.3 Å². The van der Waals surface area contributed by atoms with Crippen LogP contribution in [-0.4, -0.2) is 57.0 Å². The number of hydrogen-bond acceptors (Lipinski definition) is 21. The molecule has 21 nitrogen and oxygen atoms in total. The fraction of sp³-hybridized carbons (Fsp3) is 0. The molecule has 0 amide bonds. The van der Waals surface area contributed by atoms with E-state index in [9.17, 15) is 71.3 Å². The van der Waals surface area contributed by atoms with Gasteiger partial charge in [-0.25, -0.2) is 33.7 Å². The summed E-state index contributed by atoms with van der Waals surface area (Å²) in [5, 5.41) is 22.3. The summed E-state index contributed by atoms with van der Waals surface area (Å²) in [6.07, 6.45) is 0. The molecule has 256 valence electrons. The molecular formula is C22H13N5Na4O16PS4-. The first-order valence-corrected chi connectivity index (χ1v) is 19.0. The molecule has 0 radical (unpaired) electrons. The van der Waals surface area contributed by atoms with Gasteiger partial charge in [0.15, 0.2) is 5.75 Å². The number of phenolic OH excluding ortho intramolecular Hbond substituents is 1. The summed E-state index contributed by atoms with van der Waals surface area (Å²) >= 11 is 0. The zero-order valence-corrected chi connectivity index (χ0v) is 38.9. The van der Waals surface area contributed by atoms with E-state index in [2.05, 4.69) is 20.5 Å². The van der Waals surface area contributed by atoms with E-state index in [1.54, 1.807) is 0 Å².